The van der Waals surface area contributed by atoms with E-state index in [-0.39, 0.29) is 10.8 Å². The average molecular weight is 532 g/mol. The summed E-state index contributed by atoms with van der Waals surface area (Å²) in [6, 6.07) is 22.6. The monoisotopic (exact) mass is 531 g/mol. The zero-order chi connectivity index (χ0) is 27.1. The number of benzene rings is 3. The molecule has 1 aliphatic rings. The van der Waals surface area contributed by atoms with Gasteiger partial charge in [-0.05, 0) is 49.4 Å². The first-order valence-electron chi connectivity index (χ1n) is 13.1. The van der Waals surface area contributed by atoms with Crippen LogP contribution in [0.3, 0.4) is 0 Å². The van der Waals surface area contributed by atoms with E-state index >= 15 is 0 Å². The van der Waals surface area contributed by atoms with E-state index in [1.54, 1.807) is 18.7 Å². The molecule has 200 valence electrons. The Bertz CT molecular complexity index is 1340. The summed E-state index contributed by atoms with van der Waals surface area (Å²) in [5, 5.41) is 0. The second-order valence-corrected chi connectivity index (χ2v) is 11.7. The number of carbonyl (C=O) groups is 1. The van der Waals surface area contributed by atoms with Crippen molar-refractivity contribution < 1.29 is 13.2 Å². The van der Waals surface area contributed by atoms with Gasteiger partial charge in [0.25, 0.3) is 0 Å². The van der Waals surface area contributed by atoms with Crippen molar-refractivity contribution in [3.63, 3.8) is 0 Å². The summed E-state index contributed by atoms with van der Waals surface area (Å²) in [5.41, 5.74) is 4.44. The van der Waals surface area contributed by atoms with E-state index < -0.39 is 16.1 Å². The third-order valence-corrected chi connectivity index (χ3v) is 8.69. The fourth-order valence-electron chi connectivity index (χ4n) is 5.14. The van der Waals surface area contributed by atoms with Crippen LogP contribution in [0.4, 0.5) is 0 Å². The van der Waals surface area contributed by atoms with Crippen LogP contribution in [0.2, 0.25) is 0 Å². The molecule has 38 heavy (non-hydrogen) atoms. The molecule has 1 unspecified atom stereocenters. The van der Waals surface area contributed by atoms with Gasteiger partial charge in [-0.25, -0.2) is 8.42 Å². The minimum absolute atomic E-state index is 0.181. The van der Waals surface area contributed by atoms with Gasteiger partial charge in [-0.2, -0.15) is 4.72 Å². The summed E-state index contributed by atoms with van der Waals surface area (Å²) < 4.78 is 29.9. The summed E-state index contributed by atoms with van der Waals surface area (Å²) >= 11 is 0. The summed E-state index contributed by atoms with van der Waals surface area (Å²) in [5.74, 6) is -0.181. The Balaban J connectivity index is 1.46. The third kappa shape index (κ3) is 7.19. The van der Waals surface area contributed by atoms with Gasteiger partial charge in [0.1, 0.15) is 6.04 Å². The molecule has 1 N–H and O–H groups in total. The molecule has 3 aromatic carbocycles. The molecule has 6 nitrogen and oxygen atoms in total. The second kappa shape index (κ2) is 12.5. The Kier molecular flexibility index (Phi) is 9.15. The Hall–Kier alpha value is -3.26. The number of nitrogens with one attached hydrogen (secondary N) is 1. The Morgan fingerprint density at radius 1 is 0.895 bits per heavy atom. The van der Waals surface area contributed by atoms with E-state index in [9.17, 15) is 13.2 Å². The highest BCUT2D eigenvalue weighted by Crippen LogP contribution is 2.23. The number of piperazine rings is 1. The molecule has 4 rings (SSSR count). The predicted octanol–water partition coefficient (Wildman–Crippen LogP) is 4.36. The van der Waals surface area contributed by atoms with Crippen molar-refractivity contribution in [2.24, 2.45) is 0 Å². The normalized spacial score (nSPS) is 15.6. The molecule has 0 aromatic heterocycles. The lowest BCUT2D eigenvalue weighted by Crippen LogP contribution is -2.55. The molecule has 7 heteroatoms. The van der Waals surface area contributed by atoms with Gasteiger partial charge in [-0.3, -0.25) is 9.69 Å². The minimum atomic E-state index is -3.91. The first-order valence-corrected chi connectivity index (χ1v) is 14.6. The van der Waals surface area contributed by atoms with Crippen LogP contribution < -0.4 is 4.72 Å². The van der Waals surface area contributed by atoms with Crippen molar-refractivity contribution in [2.45, 2.75) is 38.1 Å². The molecule has 1 saturated heterocycles. The summed E-state index contributed by atoms with van der Waals surface area (Å²) in [4.78, 5) is 18.1. The number of carbonyl (C=O) groups excluding carboxylic acids is 1. The summed E-state index contributed by atoms with van der Waals surface area (Å²) in [7, 11) is -3.91. The standard InChI is InChI=1S/C31H37N3O3S/c1-24-21-25(2)30(26(3)22-24)38(36,37)32-29(23-28-13-8-5-9-14-28)31(35)34-19-17-33(18-20-34)16-10-15-27-11-6-4-7-12-27/h4-15,21-22,29,32H,16-20,23H2,1-3H3/b15-10+. The van der Waals surface area contributed by atoms with Gasteiger partial charge >= 0.3 is 0 Å². The quantitative estimate of drug-likeness (QED) is 0.446. The van der Waals surface area contributed by atoms with Gasteiger partial charge in [-0.15, -0.1) is 0 Å². The number of hydrogen-bond acceptors (Lipinski definition) is 4. The van der Waals surface area contributed by atoms with E-state index in [1.807, 2.05) is 67.6 Å². The third-order valence-electron chi connectivity index (χ3n) is 6.91. The number of hydrogen-bond donors (Lipinski definition) is 1. The molecule has 0 spiro atoms. The predicted molar refractivity (Wildman–Crippen MR) is 153 cm³/mol. The maximum atomic E-state index is 13.7. The highest BCUT2D eigenvalue weighted by molar-refractivity contribution is 7.89. The maximum Gasteiger partial charge on any atom is 0.241 e. The van der Waals surface area contributed by atoms with E-state index in [1.165, 1.54) is 0 Å². The number of aryl methyl sites for hydroxylation is 3. The first kappa shape index (κ1) is 27.8. The van der Waals surface area contributed by atoms with Gasteiger partial charge in [0.15, 0.2) is 0 Å². The van der Waals surface area contributed by atoms with Crippen molar-refractivity contribution in [2.75, 3.05) is 32.7 Å². The Morgan fingerprint density at radius 3 is 2.08 bits per heavy atom. The molecule has 0 aliphatic carbocycles. The molecule has 1 amide bonds. The maximum absolute atomic E-state index is 13.7. The number of nitrogens with zero attached hydrogens (tertiary/aromatic N) is 2. The van der Waals surface area contributed by atoms with Crippen molar-refractivity contribution >= 4 is 22.0 Å². The van der Waals surface area contributed by atoms with Crippen LogP contribution in [0.5, 0.6) is 0 Å². The molecular weight excluding hydrogens is 494 g/mol. The molecule has 3 aromatic rings. The second-order valence-electron chi connectivity index (χ2n) is 10.0. The first-order chi connectivity index (χ1) is 18.2. The number of amides is 1. The van der Waals surface area contributed by atoms with Gasteiger partial charge in [0, 0.05) is 32.7 Å². The molecule has 0 bridgehead atoms. The topological polar surface area (TPSA) is 69.7 Å². The van der Waals surface area contributed by atoms with Crippen LogP contribution in [0.15, 0.2) is 83.8 Å². The van der Waals surface area contributed by atoms with Crippen LogP contribution in [0, 0.1) is 20.8 Å². The van der Waals surface area contributed by atoms with Crippen LogP contribution >= 0.6 is 0 Å². The van der Waals surface area contributed by atoms with Crippen LogP contribution in [0.1, 0.15) is 27.8 Å². The van der Waals surface area contributed by atoms with Gasteiger partial charge < -0.3 is 4.90 Å². The lowest BCUT2D eigenvalue weighted by Gasteiger charge is -2.36. The summed E-state index contributed by atoms with van der Waals surface area (Å²) in [6.07, 6.45) is 4.55. The van der Waals surface area contributed by atoms with Gasteiger partial charge in [-0.1, -0.05) is 90.5 Å². The molecule has 0 saturated carbocycles. The van der Waals surface area contributed by atoms with E-state index in [4.69, 9.17) is 0 Å². The van der Waals surface area contributed by atoms with Crippen molar-refractivity contribution in [3.05, 3.63) is 107 Å². The molecule has 1 fully saturated rings. The smallest absolute Gasteiger partial charge is 0.241 e. The van der Waals surface area contributed by atoms with Crippen molar-refractivity contribution in [3.8, 4) is 0 Å². The SMILES string of the molecule is Cc1cc(C)c(S(=O)(=O)NC(Cc2ccccc2)C(=O)N2CCN(C/C=C/c3ccccc3)CC2)c(C)c1. The van der Waals surface area contributed by atoms with E-state index in [0.717, 1.165) is 36.3 Å². The van der Waals surface area contributed by atoms with Crippen molar-refractivity contribution in [1.29, 1.82) is 0 Å². The Labute approximate surface area is 227 Å². The fraction of sp³-hybridized carbons (Fsp3) is 0.323. The molecule has 0 radical (unpaired) electrons. The fourth-order valence-corrected chi connectivity index (χ4v) is 6.78. The van der Waals surface area contributed by atoms with Crippen molar-refractivity contribution in [1.82, 2.24) is 14.5 Å². The minimum Gasteiger partial charge on any atom is -0.339 e. The molecular formula is C31H37N3O3S. The number of sulfonamides is 1. The summed E-state index contributed by atoms with van der Waals surface area (Å²) in [6.45, 7) is 8.96. The van der Waals surface area contributed by atoms with E-state index in [0.29, 0.717) is 30.6 Å². The van der Waals surface area contributed by atoms with E-state index in [2.05, 4.69) is 33.9 Å². The number of rotatable bonds is 9. The zero-order valence-electron chi connectivity index (χ0n) is 22.4. The zero-order valence-corrected chi connectivity index (χ0v) is 23.2. The molecule has 1 atom stereocenters. The lowest BCUT2D eigenvalue weighted by molar-refractivity contribution is -0.134. The largest absolute Gasteiger partial charge is 0.339 e. The molecule has 1 heterocycles. The van der Waals surface area contributed by atoms with Gasteiger partial charge in [0.2, 0.25) is 15.9 Å². The molecule has 1 aliphatic heterocycles. The van der Waals surface area contributed by atoms with Crippen LogP contribution in [-0.4, -0.2) is 62.9 Å². The Morgan fingerprint density at radius 2 is 1.47 bits per heavy atom. The van der Waals surface area contributed by atoms with Crippen LogP contribution in [0.25, 0.3) is 6.08 Å². The van der Waals surface area contributed by atoms with Crippen LogP contribution in [-0.2, 0) is 21.2 Å². The lowest BCUT2D eigenvalue weighted by atomic mass is 10.1. The highest BCUT2D eigenvalue weighted by atomic mass is 32.2. The van der Waals surface area contributed by atoms with Gasteiger partial charge in [0.05, 0.1) is 4.90 Å². The average Bonchev–Trinajstić information content (AvgIpc) is 2.88. The highest BCUT2D eigenvalue weighted by Gasteiger charge is 2.32.